The van der Waals surface area contributed by atoms with Crippen molar-refractivity contribution in [3.05, 3.63) is 65.7 Å². The number of benzene rings is 2. The third kappa shape index (κ3) is 7.31. The molecule has 2 amide bonds. The molecule has 0 radical (unpaired) electrons. The molecular weight excluding hydrogens is 445 g/mol. The third-order valence-corrected chi connectivity index (χ3v) is 5.28. The lowest BCUT2D eigenvalue weighted by Crippen LogP contribution is -2.27. The van der Waals surface area contributed by atoms with Gasteiger partial charge in [0.05, 0.1) is 23.7 Å². The Morgan fingerprint density at radius 1 is 1.06 bits per heavy atom. The highest BCUT2D eigenvalue weighted by atomic mass is 32.2. The molecule has 2 aromatic carbocycles. The van der Waals surface area contributed by atoms with E-state index in [9.17, 15) is 14.0 Å². The Morgan fingerprint density at radius 2 is 1.79 bits per heavy atom. The van der Waals surface area contributed by atoms with Gasteiger partial charge in [-0.15, -0.1) is 10.2 Å². The van der Waals surface area contributed by atoms with Crippen LogP contribution in [0.25, 0.3) is 0 Å². The number of nitrogens with one attached hydrogen (secondary N) is 2. The van der Waals surface area contributed by atoms with Crippen molar-refractivity contribution in [2.75, 3.05) is 16.4 Å². The Balaban J connectivity index is 1.65. The summed E-state index contributed by atoms with van der Waals surface area (Å²) in [5.74, 6) is -0.179. The topological polar surface area (TPSA) is 98.1 Å². The lowest BCUT2D eigenvalue weighted by molar-refractivity contribution is -0.113. The van der Waals surface area contributed by atoms with E-state index in [2.05, 4.69) is 20.8 Å². The molecule has 0 bridgehead atoms. The SMILES string of the molecule is Cc1nnc(SCC(=O)Nc2cc(F)ccc2NC(=O)OC(C)(C)C)n1Cc1ccccc1. The van der Waals surface area contributed by atoms with Crippen molar-refractivity contribution in [2.24, 2.45) is 0 Å². The number of hydrogen-bond donors (Lipinski definition) is 2. The highest BCUT2D eigenvalue weighted by Crippen LogP contribution is 2.25. The number of carbonyl (C=O) groups excluding carboxylic acids is 2. The van der Waals surface area contributed by atoms with Gasteiger partial charge < -0.3 is 14.6 Å². The Kier molecular flexibility index (Phi) is 7.70. The molecule has 1 aromatic heterocycles. The minimum absolute atomic E-state index is 0.0231. The highest BCUT2D eigenvalue weighted by molar-refractivity contribution is 7.99. The smallest absolute Gasteiger partial charge is 0.412 e. The van der Waals surface area contributed by atoms with Gasteiger partial charge in [0.2, 0.25) is 5.91 Å². The monoisotopic (exact) mass is 471 g/mol. The van der Waals surface area contributed by atoms with E-state index in [0.717, 1.165) is 17.5 Å². The summed E-state index contributed by atoms with van der Waals surface area (Å²) in [4.78, 5) is 24.7. The predicted molar refractivity (Wildman–Crippen MR) is 126 cm³/mol. The van der Waals surface area contributed by atoms with Gasteiger partial charge in [-0.1, -0.05) is 42.1 Å². The van der Waals surface area contributed by atoms with Crippen molar-refractivity contribution in [1.82, 2.24) is 14.8 Å². The summed E-state index contributed by atoms with van der Waals surface area (Å²) in [7, 11) is 0. The average Bonchev–Trinajstić information content (AvgIpc) is 3.07. The second-order valence-corrected chi connectivity index (χ2v) is 9.20. The van der Waals surface area contributed by atoms with Crippen LogP contribution in [-0.2, 0) is 16.1 Å². The Bertz CT molecular complexity index is 1130. The number of ether oxygens (including phenoxy) is 1. The predicted octanol–water partition coefficient (Wildman–Crippen LogP) is 4.85. The molecule has 1 heterocycles. The van der Waals surface area contributed by atoms with Crippen LogP contribution in [0.1, 0.15) is 32.2 Å². The Morgan fingerprint density at radius 3 is 2.48 bits per heavy atom. The molecule has 0 saturated carbocycles. The van der Waals surface area contributed by atoms with Gasteiger partial charge in [-0.05, 0) is 51.5 Å². The lowest BCUT2D eigenvalue weighted by Gasteiger charge is -2.20. The first-order valence-electron chi connectivity index (χ1n) is 10.3. The van der Waals surface area contributed by atoms with Gasteiger partial charge in [-0.3, -0.25) is 10.1 Å². The second-order valence-electron chi connectivity index (χ2n) is 8.26. The van der Waals surface area contributed by atoms with Crippen LogP contribution in [0.5, 0.6) is 0 Å². The fourth-order valence-corrected chi connectivity index (χ4v) is 3.66. The number of hydrogen-bond acceptors (Lipinski definition) is 6. The molecule has 0 spiro atoms. The van der Waals surface area contributed by atoms with Gasteiger partial charge in [-0.2, -0.15) is 0 Å². The molecule has 0 aliphatic heterocycles. The number of aromatic nitrogens is 3. The second kappa shape index (κ2) is 10.5. The number of anilines is 2. The van der Waals surface area contributed by atoms with E-state index in [1.807, 2.05) is 41.8 Å². The Labute approximate surface area is 195 Å². The summed E-state index contributed by atoms with van der Waals surface area (Å²) < 4.78 is 20.9. The molecule has 33 heavy (non-hydrogen) atoms. The van der Waals surface area contributed by atoms with Gasteiger partial charge >= 0.3 is 6.09 Å². The van der Waals surface area contributed by atoms with E-state index in [1.165, 1.54) is 23.9 Å². The molecule has 174 valence electrons. The maximum absolute atomic E-state index is 13.8. The third-order valence-electron chi connectivity index (χ3n) is 4.31. The van der Waals surface area contributed by atoms with E-state index >= 15 is 0 Å². The van der Waals surface area contributed by atoms with Gasteiger partial charge in [0, 0.05) is 0 Å². The quantitative estimate of drug-likeness (QED) is 0.478. The zero-order valence-electron chi connectivity index (χ0n) is 18.9. The van der Waals surface area contributed by atoms with Crippen LogP contribution in [-0.4, -0.2) is 38.1 Å². The fourth-order valence-electron chi connectivity index (χ4n) is 2.88. The number of halogens is 1. The first-order valence-corrected chi connectivity index (χ1v) is 11.3. The van der Waals surface area contributed by atoms with Crippen LogP contribution < -0.4 is 10.6 Å². The van der Waals surface area contributed by atoms with Gasteiger partial charge in [-0.25, -0.2) is 9.18 Å². The van der Waals surface area contributed by atoms with Gasteiger partial charge in [0.15, 0.2) is 5.16 Å². The maximum atomic E-state index is 13.8. The van der Waals surface area contributed by atoms with Gasteiger partial charge in [0.25, 0.3) is 0 Å². The summed E-state index contributed by atoms with van der Waals surface area (Å²) in [6, 6.07) is 13.5. The molecule has 0 aliphatic rings. The molecule has 0 aliphatic carbocycles. The van der Waals surface area contributed by atoms with E-state index in [4.69, 9.17) is 4.74 Å². The lowest BCUT2D eigenvalue weighted by atomic mass is 10.2. The van der Waals surface area contributed by atoms with Crippen molar-refractivity contribution < 1.29 is 18.7 Å². The van der Waals surface area contributed by atoms with Crippen LogP contribution in [0, 0.1) is 12.7 Å². The molecule has 3 aromatic rings. The van der Waals surface area contributed by atoms with Crippen LogP contribution >= 0.6 is 11.8 Å². The minimum Gasteiger partial charge on any atom is -0.444 e. The minimum atomic E-state index is -0.705. The molecule has 0 unspecified atom stereocenters. The molecule has 0 saturated heterocycles. The van der Waals surface area contributed by atoms with Crippen LogP contribution in [0.3, 0.4) is 0 Å². The normalized spacial score (nSPS) is 11.2. The van der Waals surface area contributed by atoms with E-state index in [0.29, 0.717) is 11.7 Å². The van der Waals surface area contributed by atoms with Crippen LogP contribution in [0.15, 0.2) is 53.7 Å². The zero-order chi connectivity index (χ0) is 24.0. The largest absolute Gasteiger partial charge is 0.444 e. The van der Waals surface area contributed by atoms with Crippen molar-refractivity contribution in [3.63, 3.8) is 0 Å². The highest BCUT2D eigenvalue weighted by Gasteiger charge is 2.19. The molecule has 10 heteroatoms. The van der Waals surface area contributed by atoms with E-state index in [1.54, 1.807) is 20.8 Å². The standard InChI is InChI=1S/C23H26FN5O3S/c1-15-27-28-21(29(15)13-16-8-6-5-7-9-16)33-14-20(30)25-19-12-17(24)10-11-18(19)26-22(31)32-23(2,3)4/h5-12H,13-14H2,1-4H3,(H,25,30)(H,26,31). The number of carbonyl (C=O) groups is 2. The maximum Gasteiger partial charge on any atom is 0.412 e. The number of amides is 2. The fraction of sp³-hybridized carbons (Fsp3) is 0.304. The number of aryl methyl sites for hydroxylation is 1. The average molecular weight is 472 g/mol. The summed E-state index contributed by atoms with van der Waals surface area (Å²) in [5, 5.41) is 14.0. The van der Waals surface area contributed by atoms with Crippen molar-refractivity contribution in [3.8, 4) is 0 Å². The zero-order valence-corrected chi connectivity index (χ0v) is 19.7. The summed E-state index contributed by atoms with van der Waals surface area (Å²) in [6.45, 7) is 7.62. The van der Waals surface area contributed by atoms with Crippen molar-refractivity contribution in [2.45, 2.75) is 45.0 Å². The van der Waals surface area contributed by atoms with E-state index < -0.39 is 17.5 Å². The molecule has 2 N–H and O–H groups in total. The summed E-state index contributed by atoms with van der Waals surface area (Å²) in [5.41, 5.74) is 0.752. The first-order chi connectivity index (χ1) is 15.6. The first kappa shape index (κ1) is 24.2. The summed E-state index contributed by atoms with van der Waals surface area (Å²) in [6.07, 6.45) is -0.705. The Hall–Kier alpha value is -3.40. The number of thioether (sulfide) groups is 1. The van der Waals surface area contributed by atoms with Crippen LogP contribution in [0.2, 0.25) is 0 Å². The molecule has 0 atom stereocenters. The molecule has 8 nitrogen and oxygen atoms in total. The van der Waals surface area contributed by atoms with Crippen molar-refractivity contribution in [1.29, 1.82) is 0 Å². The van der Waals surface area contributed by atoms with Crippen LogP contribution in [0.4, 0.5) is 20.6 Å². The molecule has 3 rings (SSSR count). The van der Waals surface area contributed by atoms with E-state index in [-0.39, 0.29) is 23.0 Å². The molecule has 0 fully saturated rings. The van der Waals surface area contributed by atoms with Gasteiger partial charge in [0.1, 0.15) is 17.2 Å². The number of nitrogens with zero attached hydrogens (tertiary/aromatic N) is 3. The number of rotatable bonds is 7. The van der Waals surface area contributed by atoms with Crippen molar-refractivity contribution >= 4 is 35.1 Å². The summed E-state index contributed by atoms with van der Waals surface area (Å²) >= 11 is 1.22. The molecular formula is C23H26FN5O3S.